The molecule has 5 heteroatoms. The molecule has 0 aromatic carbocycles. The maximum atomic E-state index is 12.0. The Morgan fingerprint density at radius 3 is 2.94 bits per heavy atom. The van der Waals surface area contributed by atoms with E-state index in [2.05, 4.69) is 17.3 Å². The number of nitrogens with one attached hydrogen (secondary N) is 1. The molecule has 1 atom stereocenters. The van der Waals surface area contributed by atoms with Crippen molar-refractivity contribution in [3.8, 4) is 0 Å². The summed E-state index contributed by atoms with van der Waals surface area (Å²) in [5.41, 5.74) is 6.99. The average molecular weight is 238 g/mol. The maximum Gasteiger partial charge on any atom is 0.254 e. The molecule has 5 nitrogen and oxygen atoms in total. The predicted molar refractivity (Wildman–Crippen MR) is 67.8 cm³/mol. The number of hydrogen-bond donors (Lipinski definition) is 2. The summed E-state index contributed by atoms with van der Waals surface area (Å²) in [5.74, 6) is 0.365. The second-order valence-corrected chi connectivity index (χ2v) is 4.41. The molecule has 17 heavy (non-hydrogen) atoms. The summed E-state index contributed by atoms with van der Waals surface area (Å²) in [6.45, 7) is 5.39. The summed E-state index contributed by atoms with van der Waals surface area (Å²) in [6, 6.07) is 0. The van der Waals surface area contributed by atoms with Gasteiger partial charge >= 0.3 is 0 Å². The molecule has 0 saturated carbocycles. The van der Waals surface area contributed by atoms with Crippen molar-refractivity contribution in [2.75, 3.05) is 13.1 Å². The van der Waals surface area contributed by atoms with Crippen molar-refractivity contribution < 1.29 is 4.79 Å². The molecule has 0 saturated heterocycles. The summed E-state index contributed by atoms with van der Waals surface area (Å²) in [4.78, 5) is 12.0. The van der Waals surface area contributed by atoms with Crippen LogP contribution in [0.2, 0.25) is 0 Å². The number of hydrogen-bond acceptors (Lipinski definition) is 3. The molecule has 0 spiro atoms. The quantitative estimate of drug-likeness (QED) is 0.766. The van der Waals surface area contributed by atoms with Gasteiger partial charge in [-0.3, -0.25) is 9.48 Å². The molecular formula is C12H22N4O. The van der Waals surface area contributed by atoms with Crippen molar-refractivity contribution >= 4 is 5.91 Å². The molecule has 3 N–H and O–H groups in total. The second kappa shape index (κ2) is 6.39. The fourth-order valence-electron chi connectivity index (χ4n) is 1.73. The molecule has 0 fully saturated rings. The molecule has 0 aliphatic carbocycles. The number of aromatic nitrogens is 2. The van der Waals surface area contributed by atoms with E-state index in [1.807, 2.05) is 14.0 Å². The van der Waals surface area contributed by atoms with Crippen LogP contribution in [-0.4, -0.2) is 28.8 Å². The Morgan fingerprint density at radius 2 is 2.35 bits per heavy atom. The van der Waals surface area contributed by atoms with Crippen LogP contribution in [0.25, 0.3) is 0 Å². The number of carbonyl (C=O) groups excluding carboxylic acids is 1. The summed E-state index contributed by atoms with van der Waals surface area (Å²) in [6.07, 6.45) is 3.46. The summed E-state index contributed by atoms with van der Waals surface area (Å²) in [5, 5.41) is 7.17. The van der Waals surface area contributed by atoms with Crippen LogP contribution in [0.15, 0.2) is 6.20 Å². The number of nitrogens with zero attached hydrogens (tertiary/aromatic N) is 2. The highest BCUT2D eigenvalue weighted by molar-refractivity contribution is 5.95. The van der Waals surface area contributed by atoms with E-state index in [-0.39, 0.29) is 5.91 Å². The summed E-state index contributed by atoms with van der Waals surface area (Å²) >= 11 is 0. The number of aryl methyl sites for hydroxylation is 2. The van der Waals surface area contributed by atoms with E-state index in [4.69, 9.17) is 5.73 Å². The lowest BCUT2D eigenvalue weighted by Crippen LogP contribution is -2.29. The molecule has 1 amide bonds. The Hall–Kier alpha value is -1.36. The van der Waals surface area contributed by atoms with E-state index < -0.39 is 0 Å². The lowest BCUT2D eigenvalue weighted by molar-refractivity contribution is 0.0946. The largest absolute Gasteiger partial charge is 0.352 e. The summed E-state index contributed by atoms with van der Waals surface area (Å²) < 4.78 is 1.68. The minimum absolute atomic E-state index is 0.0428. The van der Waals surface area contributed by atoms with E-state index >= 15 is 0 Å². The zero-order chi connectivity index (χ0) is 12.8. The molecule has 1 rings (SSSR count). The lowest BCUT2D eigenvalue weighted by Gasteiger charge is -2.10. The molecule has 1 aromatic rings. The first-order valence-electron chi connectivity index (χ1n) is 6.09. The Bertz CT molecular complexity index is 373. The van der Waals surface area contributed by atoms with E-state index in [0.29, 0.717) is 24.6 Å². The Balaban J connectivity index is 2.57. The van der Waals surface area contributed by atoms with Gasteiger partial charge in [-0.15, -0.1) is 0 Å². The van der Waals surface area contributed by atoms with Crippen molar-refractivity contribution in [3.63, 3.8) is 0 Å². The third-order valence-electron chi connectivity index (χ3n) is 2.76. The number of carbonyl (C=O) groups is 1. The van der Waals surface area contributed by atoms with Crippen LogP contribution in [0.4, 0.5) is 0 Å². The van der Waals surface area contributed by atoms with Gasteiger partial charge in [0.2, 0.25) is 0 Å². The fraction of sp³-hybridized carbons (Fsp3) is 0.667. The average Bonchev–Trinajstić information content (AvgIpc) is 2.68. The van der Waals surface area contributed by atoms with Crippen LogP contribution >= 0.6 is 0 Å². The number of nitrogens with two attached hydrogens (primary N) is 1. The molecule has 0 aliphatic rings. The monoisotopic (exact) mass is 238 g/mol. The molecule has 0 aliphatic heterocycles. The van der Waals surface area contributed by atoms with Crippen molar-refractivity contribution in [3.05, 3.63) is 17.5 Å². The SMILES string of the molecule is CCc1nn(C)cc1C(=O)NCC(C)CCN. The number of amides is 1. The Kier molecular flexibility index (Phi) is 5.15. The van der Waals surface area contributed by atoms with Gasteiger partial charge in [-0.2, -0.15) is 5.10 Å². The van der Waals surface area contributed by atoms with Crippen LogP contribution in [-0.2, 0) is 13.5 Å². The third-order valence-corrected chi connectivity index (χ3v) is 2.76. The normalized spacial score (nSPS) is 12.5. The van der Waals surface area contributed by atoms with Gasteiger partial charge in [0.15, 0.2) is 0 Å². The van der Waals surface area contributed by atoms with Crippen molar-refractivity contribution in [1.29, 1.82) is 0 Å². The zero-order valence-electron chi connectivity index (χ0n) is 10.9. The second-order valence-electron chi connectivity index (χ2n) is 4.41. The third kappa shape index (κ3) is 3.85. The topological polar surface area (TPSA) is 72.9 Å². The lowest BCUT2D eigenvalue weighted by atomic mass is 10.1. The highest BCUT2D eigenvalue weighted by Gasteiger charge is 2.14. The van der Waals surface area contributed by atoms with Gasteiger partial charge in [0.25, 0.3) is 5.91 Å². The highest BCUT2D eigenvalue weighted by atomic mass is 16.1. The van der Waals surface area contributed by atoms with Gasteiger partial charge in [0.05, 0.1) is 11.3 Å². The van der Waals surface area contributed by atoms with Crippen LogP contribution in [0.5, 0.6) is 0 Å². The fourth-order valence-corrected chi connectivity index (χ4v) is 1.73. The Morgan fingerprint density at radius 1 is 1.65 bits per heavy atom. The maximum absolute atomic E-state index is 12.0. The minimum Gasteiger partial charge on any atom is -0.352 e. The predicted octanol–water partition coefficient (Wildman–Crippen LogP) is 0.697. The zero-order valence-corrected chi connectivity index (χ0v) is 10.9. The molecule has 1 unspecified atom stereocenters. The molecular weight excluding hydrogens is 216 g/mol. The number of rotatable bonds is 6. The van der Waals surface area contributed by atoms with E-state index in [9.17, 15) is 4.79 Å². The molecule has 96 valence electrons. The van der Waals surface area contributed by atoms with Gasteiger partial charge in [0, 0.05) is 19.8 Å². The van der Waals surface area contributed by atoms with Crippen LogP contribution in [0.1, 0.15) is 36.3 Å². The van der Waals surface area contributed by atoms with Crippen LogP contribution < -0.4 is 11.1 Å². The highest BCUT2D eigenvalue weighted by Crippen LogP contribution is 2.07. The minimum atomic E-state index is -0.0428. The van der Waals surface area contributed by atoms with Crippen LogP contribution in [0.3, 0.4) is 0 Å². The van der Waals surface area contributed by atoms with Gasteiger partial charge in [0.1, 0.15) is 0 Å². The Labute approximate surface area is 102 Å². The van der Waals surface area contributed by atoms with Crippen LogP contribution in [0, 0.1) is 5.92 Å². The van der Waals surface area contributed by atoms with Gasteiger partial charge in [-0.1, -0.05) is 13.8 Å². The van der Waals surface area contributed by atoms with Gasteiger partial charge in [-0.05, 0) is 25.3 Å². The molecule has 1 heterocycles. The first-order chi connectivity index (χ1) is 8.08. The molecule has 0 radical (unpaired) electrons. The standard InChI is InChI=1S/C12H22N4O/c1-4-11-10(8-16(3)15-11)12(17)14-7-9(2)5-6-13/h8-9H,4-7,13H2,1-3H3,(H,14,17). The first kappa shape index (κ1) is 13.7. The van der Waals surface area contributed by atoms with Gasteiger partial charge < -0.3 is 11.1 Å². The van der Waals surface area contributed by atoms with Crippen molar-refractivity contribution in [1.82, 2.24) is 15.1 Å². The smallest absolute Gasteiger partial charge is 0.254 e. The van der Waals surface area contributed by atoms with E-state index in [1.165, 1.54) is 0 Å². The van der Waals surface area contributed by atoms with Crippen molar-refractivity contribution in [2.24, 2.45) is 18.7 Å². The molecule has 0 bridgehead atoms. The summed E-state index contributed by atoms with van der Waals surface area (Å²) in [7, 11) is 1.83. The van der Waals surface area contributed by atoms with Gasteiger partial charge in [-0.25, -0.2) is 0 Å². The van der Waals surface area contributed by atoms with Crippen molar-refractivity contribution in [2.45, 2.75) is 26.7 Å². The molecule has 1 aromatic heterocycles. The first-order valence-corrected chi connectivity index (χ1v) is 6.09. The van der Waals surface area contributed by atoms with E-state index in [1.54, 1.807) is 10.9 Å². The van der Waals surface area contributed by atoms with E-state index in [0.717, 1.165) is 18.5 Å².